The Bertz CT molecular complexity index is 800. The lowest BCUT2D eigenvalue weighted by atomic mass is 9.78. The van der Waals surface area contributed by atoms with Crippen molar-refractivity contribution in [1.29, 1.82) is 0 Å². The summed E-state index contributed by atoms with van der Waals surface area (Å²) in [6, 6.07) is 15.7. The zero-order valence-electron chi connectivity index (χ0n) is 15.4. The number of amides is 1. The average Bonchev–Trinajstić information content (AvgIpc) is 3.18. The van der Waals surface area contributed by atoms with Crippen molar-refractivity contribution in [2.45, 2.75) is 44.1 Å². The topological polar surface area (TPSA) is 55.4 Å². The lowest BCUT2D eigenvalue weighted by Gasteiger charge is -2.27. The van der Waals surface area contributed by atoms with E-state index in [-0.39, 0.29) is 18.6 Å². The number of hydrogen-bond acceptors (Lipinski definition) is 3. The Hall–Kier alpha value is -2.69. The molecule has 0 aromatic heterocycles. The van der Waals surface area contributed by atoms with Crippen molar-refractivity contribution >= 4 is 11.9 Å². The van der Waals surface area contributed by atoms with Crippen molar-refractivity contribution in [2.24, 2.45) is 0 Å². The normalized spacial score (nSPS) is 16.5. The Balaban J connectivity index is 1.63. The molecule has 142 valence electrons. The van der Waals surface area contributed by atoms with E-state index in [1.165, 1.54) is 6.07 Å². The van der Waals surface area contributed by atoms with Gasteiger partial charge in [-0.25, -0.2) is 4.39 Å². The van der Waals surface area contributed by atoms with Crippen molar-refractivity contribution in [3.8, 4) is 0 Å². The molecule has 0 bridgehead atoms. The second kappa shape index (κ2) is 8.33. The van der Waals surface area contributed by atoms with Crippen molar-refractivity contribution in [3.63, 3.8) is 0 Å². The van der Waals surface area contributed by atoms with Gasteiger partial charge in [-0.15, -0.1) is 0 Å². The van der Waals surface area contributed by atoms with E-state index in [9.17, 15) is 14.0 Å². The quantitative estimate of drug-likeness (QED) is 0.782. The van der Waals surface area contributed by atoms with Gasteiger partial charge in [0.05, 0.1) is 11.5 Å². The molecular weight excluding hydrogens is 345 g/mol. The van der Waals surface area contributed by atoms with Gasteiger partial charge in [-0.2, -0.15) is 0 Å². The van der Waals surface area contributed by atoms with Gasteiger partial charge in [0.1, 0.15) is 5.82 Å². The number of ether oxygens (including phenoxy) is 1. The van der Waals surface area contributed by atoms with Gasteiger partial charge in [-0.3, -0.25) is 9.59 Å². The highest BCUT2D eigenvalue weighted by Crippen LogP contribution is 2.43. The van der Waals surface area contributed by atoms with E-state index in [0.717, 1.165) is 18.4 Å². The van der Waals surface area contributed by atoms with Gasteiger partial charge in [0.2, 0.25) is 0 Å². The number of carbonyl (C=O) groups excluding carboxylic acids is 2. The Labute approximate surface area is 158 Å². The Kier molecular flexibility index (Phi) is 5.89. The standard InChI is InChI=1S/C22H24FNO3/c1-16(17-9-3-2-4-10-17)24-20(25)15-27-21(26)22(13-7-8-14-22)18-11-5-6-12-19(18)23/h2-6,9-12,16H,7-8,13-15H2,1H3,(H,24,25)/t16-/m1/s1. The molecule has 0 unspecified atom stereocenters. The van der Waals surface area contributed by atoms with Crippen LogP contribution in [-0.2, 0) is 19.7 Å². The van der Waals surface area contributed by atoms with Gasteiger partial charge in [-0.05, 0) is 31.4 Å². The number of esters is 1. The molecule has 1 fully saturated rings. The molecule has 3 rings (SSSR count). The zero-order chi connectivity index (χ0) is 19.3. The third-order valence-corrected chi connectivity index (χ3v) is 5.25. The summed E-state index contributed by atoms with van der Waals surface area (Å²) in [5.41, 5.74) is 0.345. The fraction of sp³-hybridized carbons (Fsp3) is 0.364. The van der Waals surface area contributed by atoms with E-state index in [1.54, 1.807) is 18.2 Å². The largest absolute Gasteiger partial charge is 0.455 e. The van der Waals surface area contributed by atoms with Gasteiger partial charge >= 0.3 is 5.97 Å². The SMILES string of the molecule is C[C@@H](NC(=O)COC(=O)C1(c2ccccc2F)CCCC1)c1ccccc1. The minimum absolute atomic E-state index is 0.190. The first-order valence-corrected chi connectivity index (χ1v) is 9.29. The fourth-order valence-corrected chi connectivity index (χ4v) is 3.79. The fourth-order valence-electron chi connectivity index (χ4n) is 3.79. The molecule has 2 aromatic carbocycles. The minimum Gasteiger partial charge on any atom is -0.455 e. The van der Waals surface area contributed by atoms with Crippen LogP contribution >= 0.6 is 0 Å². The monoisotopic (exact) mass is 369 g/mol. The summed E-state index contributed by atoms with van der Waals surface area (Å²) in [6.07, 6.45) is 2.74. The highest BCUT2D eigenvalue weighted by atomic mass is 19.1. The summed E-state index contributed by atoms with van der Waals surface area (Å²) in [5.74, 6) is -1.30. The second-order valence-electron chi connectivity index (χ2n) is 7.05. The zero-order valence-corrected chi connectivity index (χ0v) is 15.4. The molecule has 0 aliphatic heterocycles. The predicted molar refractivity (Wildman–Crippen MR) is 101 cm³/mol. The Morgan fingerprint density at radius 1 is 1.07 bits per heavy atom. The molecule has 1 amide bonds. The summed E-state index contributed by atoms with van der Waals surface area (Å²) >= 11 is 0. The van der Waals surface area contributed by atoms with Gasteiger partial charge in [-0.1, -0.05) is 61.4 Å². The van der Waals surface area contributed by atoms with Crippen LogP contribution in [0.5, 0.6) is 0 Å². The molecule has 2 aromatic rings. The molecule has 1 aliphatic rings. The van der Waals surface area contributed by atoms with E-state index in [2.05, 4.69) is 5.32 Å². The van der Waals surface area contributed by atoms with Gasteiger partial charge in [0, 0.05) is 5.56 Å². The molecule has 0 saturated heterocycles. The average molecular weight is 369 g/mol. The van der Waals surface area contributed by atoms with E-state index >= 15 is 0 Å². The first-order chi connectivity index (χ1) is 13.0. The van der Waals surface area contributed by atoms with E-state index in [4.69, 9.17) is 4.74 Å². The van der Waals surface area contributed by atoms with Gasteiger partial charge < -0.3 is 10.1 Å². The summed E-state index contributed by atoms with van der Waals surface area (Å²) in [7, 11) is 0. The maximum absolute atomic E-state index is 14.3. The molecule has 5 heteroatoms. The first kappa shape index (κ1) is 19.1. The third kappa shape index (κ3) is 4.18. The number of hydrogen-bond donors (Lipinski definition) is 1. The molecule has 1 aliphatic carbocycles. The lowest BCUT2D eigenvalue weighted by molar-refractivity contribution is -0.154. The maximum Gasteiger partial charge on any atom is 0.317 e. The van der Waals surface area contributed by atoms with Crippen molar-refractivity contribution < 1.29 is 18.7 Å². The van der Waals surface area contributed by atoms with Crippen LogP contribution in [0.15, 0.2) is 54.6 Å². The summed E-state index contributed by atoms with van der Waals surface area (Å²) in [5, 5.41) is 2.82. The van der Waals surface area contributed by atoms with Crippen LogP contribution in [-0.4, -0.2) is 18.5 Å². The van der Waals surface area contributed by atoms with Crippen molar-refractivity contribution in [3.05, 3.63) is 71.5 Å². The molecule has 0 radical (unpaired) electrons. The molecule has 27 heavy (non-hydrogen) atoms. The van der Waals surface area contributed by atoms with Crippen LogP contribution in [0.4, 0.5) is 4.39 Å². The molecule has 0 spiro atoms. The molecular formula is C22H24FNO3. The minimum atomic E-state index is -0.989. The number of nitrogens with one attached hydrogen (secondary N) is 1. The summed E-state index contributed by atoms with van der Waals surface area (Å²) in [6.45, 7) is 1.50. The number of carbonyl (C=O) groups is 2. The molecule has 1 atom stereocenters. The highest BCUT2D eigenvalue weighted by Gasteiger charge is 2.45. The number of halogens is 1. The smallest absolute Gasteiger partial charge is 0.317 e. The van der Waals surface area contributed by atoms with Gasteiger partial charge in [0.25, 0.3) is 5.91 Å². The molecule has 1 N–H and O–H groups in total. The van der Waals surface area contributed by atoms with Crippen LogP contribution in [0, 0.1) is 5.82 Å². The lowest BCUT2D eigenvalue weighted by Crippen LogP contribution is -2.38. The van der Waals surface area contributed by atoms with Crippen LogP contribution < -0.4 is 5.32 Å². The highest BCUT2D eigenvalue weighted by molar-refractivity contribution is 5.87. The van der Waals surface area contributed by atoms with E-state index in [1.807, 2.05) is 37.3 Å². The van der Waals surface area contributed by atoms with Crippen LogP contribution in [0.25, 0.3) is 0 Å². The summed E-state index contributed by atoms with van der Waals surface area (Å²) in [4.78, 5) is 25.0. The van der Waals surface area contributed by atoms with Gasteiger partial charge in [0.15, 0.2) is 6.61 Å². The van der Waals surface area contributed by atoms with E-state index in [0.29, 0.717) is 18.4 Å². The third-order valence-electron chi connectivity index (χ3n) is 5.25. The molecule has 0 heterocycles. The van der Waals surface area contributed by atoms with Crippen molar-refractivity contribution in [2.75, 3.05) is 6.61 Å². The molecule has 4 nitrogen and oxygen atoms in total. The predicted octanol–water partition coefficient (Wildman–Crippen LogP) is 4.06. The van der Waals surface area contributed by atoms with Crippen LogP contribution in [0.3, 0.4) is 0 Å². The maximum atomic E-state index is 14.3. The summed E-state index contributed by atoms with van der Waals surface area (Å²) < 4.78 is 19.6. The van der Waals surface area contributed by atoms with Crippen LogP contribution in [0.1, 0.15) is 49.8 Å². The van der Waals surface area contributed by atoms with E-state index < -0.39 is 17.2 Å². The number of benzene rings is 2. The van der Waals surface area contributed by atoms with Crippen molar-refractivity contribution in [1.82, 2.24) is 5.32 Å². The van der Waals surface area contributed by atoms with Crippen LogP contribution in [0.2, 0.25) is 0 Å². The number of rotatable bonds is 6. The Morgan fingerprint density at radius 2 is 1.70 bits per heavy atom. The molecule has 1 saturated carbocycles. The second-order valence-corrected chi connectivity index (χ2v) is 7.05. The Morgan fingerprint density at radius 3 is 2.37 bits per heavy atom. The first-order valence-electron chi connectivity index (χ1n) is 9.29.